The third kappa shape index (κ3) is 6.49. The lowest BCUT2D eigenvalue weighted by Gasteiger charge is -2.32. The average molecular weight is 450 g/mol. The van der Waals surface area contributed by atoms with Gasteiger partial charge in [-0.15, -0.1) is 0 Å². The van der Waals surface area contributed by atoms with E-state index in [1.807, 2.05) is 18.2 Å². The SMILES string of the molecule is CCN(CCCNC(=NC)NC1CCN(S(=O)(=O)C(F)(F)F)CC1)c1ccccc1. The van der Waals surface area contributed by atoms with Gasteiger partial charge in [-0.05, 0) is 38.3 Å². The number of hydrogen-bond acceptors (Lipinski definition) is 4. The molecule has 1 saturated heterocycles. The molecule has 7 nitrogen and oxygen atoms in total. The number of anilines is 1. The van der Waals surface area contributed by atoms with Crippen LogP contribution in [0.15, 0.2) is 35.3 Å². The minimum absolute atomic E-state index is 0.132. The fourth-order valence-corrected chi connectivity index (χ4v) is 4.34. The number of piperidine rings is 1. The van der Waals surface area contributed by atoms with E-state index < -0.39 is 15.5 Å². The van der Waals surface area contributed by atoms with E-state index in [1.54, 1.807) is 7.05 Å². The summed E-state index contributed by atoms with van der Waals surface area (Å²) in [6, 6.07) is 10.0. The number of alkyl halides is 3. The second kappa shape index (κ2) is 10.9. The zero-order valence-electron chi connectivity index (χ0n) is 17.3. The summed E-state index contributed by atoms with van der Waals surface area (Å²) in [6.45, 7) is 4.23. The number of sulfonamides is 1. The molecule has 1 aliphatic rings. The maximum atomic E-state index is 12.7. The van der Waals surface area contributed by atoms with Gasteiger partial charge in [-0.25, -0.2) is 8.42 Å². The highest BCUT2D eigenvalue weighted by Gasteiger charge is 2.50. The first-order valence-corrected chi connectivity index (χ1v) is 11.5. The normalized spacial score (nSPS) is 17.0. The molecule has 2 N–H and O–H groups in total. The minimum Gasteiger partial charge on any atom is -0.372 e. The molecule has 0 spiro atoms. The van der Waals surface area contributed by atoms with Crippen molar-refractivity contribution in [2.75, 3.05) is 44.7 Å². The molecule has 1 aliphatic heterocycles. The van der Waals surface area contributed by atoms with Crippen LogP contribution in [0.1, 0.15) is 26.2 Å². The van der Waals surface area contributed by atoms with E-state index in [1.165, 1.54) is 5.69 Å². The van der Waals surface area contributed by atoms with E-state index in [2.05, 4.69) is 39.6 Å². The molecule has 0 aromatic heterocycles. The quantitative estimate of drug-likeness (QED) is 0.362. The molecule has 0 bridgehead atoms. The maximum Gasteiger partial charge on any atom is 0.511 e. The molecule has 0 radical (unpaired) electrons. The Morgan fingerprint density at radius 2 is 1.87 bits per heavy atom. The van der Waals surface area contributed by atoms with E-state index in [9.17, 15) is 21.6 Å². The van der Waals surface area contributed by atoms with Crippen LogP contribution in [0.5, 0.6) is 0 Å². The Kier molecular flexibility index (Phi) is 8.78. The lowest BCUT2D eigenvalue weighted by Crippen LogP contribution is -2.51. The van der Waals surface area contributed by atoms with Gasteiger partial charge in [0.2, 0.25) is 0 Å². The second-order valence-electron chi connectivity index (χ2n) is 7.04. The summed E-state index contributed by atoms with van der Waals surface area (Å²) in [4.78, 5) is 6.43. The van der Waals surface area contributed by atoms with Crippen molar-refractivity contribution in [3.05, 3.63) is 30.3 Å². The van der Waals surface area contributed by atoms with Crippen molar-refractivity contribution in [1.82, 2.24) is 14.9 Å². The zero-order chi connectivity index (χ0) is 22.2. The monoisotopic (exact) mass is 449 g/mol. The highest BCUT2D eigenvalue weighted by molar-refractivity contribution is 7.90. The molecule has 1 aromatic rings. The second-order valence-corrected chi connectivity index (χ2v) is 8.97. The van der Waals surface area contributed by atoms with E-state index in [0.717, 1.165) is 19.5 Å². The number of aliphatic imine (C=N–C) groups is 1. The van der Waals surface area contributed by atoms with Crippen molar-refractivity contribution in [3.63, 3.8) is 0 Å². The minimum atomic E-state index is -5.25. The Hall–Kier alpha value is -2.01. The molecule has 0 unspecified atom stereocenters. The Labute approximate surface area is 176 Å². The Morgan fingerprint density at radius 3 is 2.40 bits per heavy atom. The Bertz CT molecular complexity index is 779. The molecule has 1 heterocycles. The predicted molar refractivity (Wildman–Crippen MR) is 113 cm³/mol. The Morgan fingerprint density at radius 1 is 1.23 bits per heavy atom. The first-order chi connectivity index (χ1) is 14.2. The third-order valence-electron chi connectivity index (χ3n) is 5.05. The molecule has 0 aliphatic carbocycles. The summed E-state index contributed by atoms with van der Waals surface area (Å²) in [7, 11) is -3.63. The van der Waals surface area contributed by atoms with Crippen LogP contribution in [-0.4, -0.2) is 70.0 Å². The summed E-state index contributed by atoms with van der Waals surface area (Å²) in [5, 5.41) is 6.39. The lowest BCUT2D eigenvalue weighted by atomic mass is 10.1. The van der Waals surface area contributed by atoms with Crippen molar-refractivity contribution in [2.45, 2.75) is 37.7 Å². The summed E-state index contributed by atoms with van der Waals surface area (Å²) in [5.41, 5.74) is -4.08. The number of benzene rings is 1. The number of rotatable bonds is 8. The number of nitrogens with one attached hydrogen (secondary N) is 2. The van der Waals surface area contributed by atoms with Gasteiger partial charge in [0.1, 0.15) is 0 Å². The standard InChI is InChI=1S/C19H30F3N5O2S/c1-3-26(17-8-5-4-6-9-17)13-7-12-24-18(23-2)25-16-10-14-27(15-11-16)30(28,29)19(20,21)22/h4-6,8-9,16H,3,7,10-15H2,1-2H3,(H2,23,24,25). The van der Waals surface area contributed by atoms with Gasteiger partial charge in [0.05, 0.1) is 0 Å². The highest BCUT2D eigenvalue weighted by Crippen LogP contribution is 2.28. The van der Waals surface area contributed by atoms with Gasteiger partial charge >= 0.3 is 15.5 Å². The molecule has 170 valence electrons. The molecule has 1 aromatic carbocycles. The van der Waals surface area contributed by atoms with Crippen molar-refractivity contribution in [3.8, 4) is 0 Å². The van der Waals surface area contributed by atoms with Crippen molar-refractivity contribution in [1.29, 1.82) is 0 Å². The van der Waals surface area contributed by atoms with Gasteiger partial charge in [-0.3, -0.25) is 4.99 Å². The first-order valence-electron chi connectivity index (χ1n) is 10.0. The van der Waals surface area contributed by atoms with Crippen LogP contribution >= 0.6 is 0 Å². The van der Waals surface area contributed by atoms with Gasteiger partial charge in [0, 0.05) is 51.5 Å². The largest absolute Gasteiger partial charge is 0.511 e. The number of halogens is 3. The van der Waals surface area contributed by atoms with Crippen LogP contribution < -0.4 is 15.5 Å². The molecule has 0 amide bonds. The van der Waals surface area contributed by atoms with Crippen LogP contribution in [0, 0.1) is 0 Å². The van der Waals surface area contributed by atoms with Gasteiger partial charge < -0.3 is 15.5 Å². The summed E-state index contributed by atoms with van der Waals surface area (Å²) in [6.07, 6.45) is 1.45. The van der Waals surface area contributed by atoms with Crippen LogP contribution in [0.4, 0.5) is 18.9 Å². The molecular formula is C19H30F3N5O2S. The lowest BCUT2D eigenvalue weighted by molar-refractivity contribution is -0.0494. The van der Waals surface area contributed by atoms with E-state index in [-0.39, 0.29) is 32.0 Å². The van der Waals surface area contributed by atoms with Gasteiger partial charge in [0.25, 0.3) is 0 Å². The first kappa shape index (κ1) is 24.3. The fraction of sp³-hybridized carbons (Fsp3) is 0.632. The van der Waals surface area contributed by atoms with E-state index in [0.29, 0.717) is 16.8 Å². The molecule has 11 heteroatoms. The molecule has 30 heavy (non-hydrogen) atoms. The topological polar surface area (TPSA) is 77.0 Å². The number of nitrogens with zero attached hydrogens (tertiary/aromatic N) is 3. The maximum absolute atomic E-state index is 12.7. The number of hydrogen-bond donors (Lipinski definition) is 2. The van der Waals surface area contributed by atoms with E-state index in [4.69, 9.17) is 0 Å². The number of guanidine groups is 1. The van der Waals surface area contributed by atoms with Gasteiger partial charge in [-0.2, -0.15) is 17.5 Å². The van der Waals surface area contributed by atoms with Crippen molar-refractivity contribution in [2.24, 2.45) is 4.99 Å². The van der Waals surface area contributed by atoms with Crippen LogP contribution in [0.25, 0.3) is 0 Å². The van der Waals surface area contributed by atoms with Gasteiger partial charge in [0.15, 0.2) is 5.96 Å². The predicted octanol–water partition coefficient (Wildman–Crippen LogP) is 2.38. The summed E-state index contributed by atoms with van der Waals surface area (Å²) in [5.74, 6) is 0.565. The molecule has 0 atom stereocenters. The van der Waals surface area contributed by atoms with Crippen LogP contribution in [-0.2, 0) is 10.0 Å². The van der Waals surface area contributed by atoms with Crippen molar-refractivity contribution >= 4 is 21.7 Å². The molecular weight excluding hydrogens is 419 g/mol. The van der Waals surface area contributed by atoms with Crippen LogP contribution in [0.2, 0.25) is 0 Å². The highest BCUT2D eigenvalue weighted by atomic mass is 32.2. The third-order valence-corrected chi connectivity index (χ3v) is 6.68. The Balaban J connectivity index is 1.74. The molecule has 2 rings (SSSR count). The molecule has 1 fully saturated rings. The summed E-state index contributed by atoms with van der Waals surface area (Å²) >= 11 is 0. The van der Waals surface area contributed by atoms with Crippen LogP contribution in [0.3, 0.4) is 0 Å². The number of para-hydroxylation sites is 1. The fourth-order valence-electron chi connectivity index (χ4n) is 3.36. The molecule has 0 saturated carbocycles. The zero-order valence-corrected chi connectivity index (χ0v) is 18.1. The smallest absolute Gasteiger partial charge is 0.372 e. The average Bonchev–Trinajstić information content (AvgIpc) is 2.73. The summed E-state index contributed by atoms with van der Waals surface area (Å²) < 4.78 is 61.5. The van der Waals surface area contributed by atoms with Gasteiger partial charge in [-0.1, -0.05) is 18.2 Å². The van der Waals surface area contributed by atoms with Crippen molar-refractivity contribution < 1.29 is 21.6 Å². The van der Waals surface area contributed by atoms with E-state index >= 15 is 0 Å².